The summed E-state index contributed by atoms with van der Waals surface area (Å²) in [4.78, 5) is 25.0. The molecule has 1 heterocycles. The monoisotopic (exact) mass is 207 g/mol. The van der Waals surface area contributed by atoms with Crippen molar-refractivity contribution in [3.8, 4) is 0 Å². The zero-order valence-corrected chi connectivity index (χ0v) is 9.43. The molecule has 0 spiro atoms. The molecule has 1 aliphatic heterocycles. The first-order valence-electron chi connectivity index (χ1n) is 5.52. The van der Waals surface area contributed by atoms with Crippen molar-refractivity contribution in [1.29, 1.82) is 0 Å². The van der Waals surface area contributed by atoms with Gasteiger partial charge in [-0.2, -0.15) is 0 Å². The number of likely N-dealkylation sites (tertiary alicyclic amines) is 1. The van der Waals surface area contributed by atoms with Gasteiger partial charge in [-0.05, 0) is 25.2 Å². The quantitative estimate of drug-likeness (QED) is 0.482. The van der Waals surface area contributed by atoms with E-state index in [1.54, 1.807) is 7.05 Å². The summed E-state index contributed by atoms with van der Waals surface area (Å²) < 4.78 is 0. The number of fused-ring (bicyclic) bond motifs is 1. The average Bonchev–Trinajstić information content (AvgIpc) is 2.62. The fourth-order valence-electron chi connectivity index (χ4n) is 3.08. The van der Waals surface area contributed by atoms with Gasteiger partial charge in [0.05, 0.1) is 11.8 Å². The third kappa shape index (κ3) is 1.33. The maximum absolute atomic E-state index is 11.9. The zero-order chi connectivity index (χ0) is 11.2. The van der Waals surface area contributed by atoms with Gasteiger partial charge in [-0.1, -0.05) is 19.1 Å². The number of hydrogen-bond acceptors (Lipinski definition) is 2. The zero-order valence-electron chi connectivity index (χ0n) is 9.43. The second-order valence-corrected chi connectivity index (χ2v) is 4.69. The summed E-state index contributed by atoms with van der Waals surface area (Å²) in [6.07, 6.45) is 5.02. The van der Waals surface area contributed by atoms with E-state index in [2.05, 4.69) is 13.0 Å². The van der Waals surface area contributed by atoms with Gasteiger partial charge in [-0.15, -0.1) is 0 Å². The third-order valence-corrected chi connectivity index (χ3v) is 3.78. The van der Waals surface area contributed by atoms with E-state index in [0.29, 0.717) is 5.92 Å². The third-order valence-electron chi connectivity index (χ3n) is 3.78. The second-order valence-electron chi connectivity index (χ2n) is 4.69. The fraction of sp³-hybridized carbons (Fsp3) is 0.667. The summed E-state index contributed by atoms with van der Waals surface area (Å²) in [5, 5.41) is 0. The molecule has 0 aromatic heterocycles. The van der Waals surface area contributed by atoms with Crippen LogP contribution in [0, 0.1) is 23.7 Å². The largest absolute Gasteiger partial charge is 0.285 e. The molecule has 0 N–H and O–H groups in total. The molecule has 4 atom stereocenters. The van der Waals surface area contributed by atoms with E-state index in [1.807, 2.05) is 13.0 Å². The van der Waals surface area contributed by atoms with Gasteiger partial charge in [0.2, 0.25) is 11.8 Å². The second kappa shape index (κ2) is 3.47. The molecule has 0 aromatic rings. The first-order valence-corrected chi connectivity index (χ1v) is 5.52. The van der Waals surface area contributed by atoms with Crippen LogP contribution in [0.5, 0.6) is 0 Å². The van der Waals surface area contributed by atoms with Crippen LogP contribution in [0.25, 0.3) is 0 Å². The highest BCUT2D eigenvalue weighted by molar-refractivity contribution is 6.05. The summed E-state index contributed by atoms with van der Waals surface area (Å²) in [7, 11) is 1.60. The fourth-order valence-corrected chi connectivity index (χ4v) is 3.08. The Morgan fingerprint density at radius 2 is 1.87 bits per heavy atom. The first kappa shape index (κ1) is 10.4. The Hall–Kier alpha value is -1.12. The highest BCUT2D eigenvalue weighted by atomic mass is 16.2. The smallest absolute Gasteiger partial charge is 0.233 e. The van der Waals surface area contributed by atoms with Gasteiger partial charge in [0.1, 0.15) is 0 Å². The van der Waals surface area contributed by atoms with Crippen molar-refractivity contribution in [3.63, 3.8) is 0 Å². The molecule has 82 valence electrons. The molecule has 0 radical (unpaired) electrons. The summed E-state index contributed by atoms with van der Waals surface area (Å²) in [5.74, 6) is 0.466. The Kier molecular flexibility index (Phi) is 2.41. The summed E-state index contributed by atoms with van der Waals surface area (Å²) >= 11 is 0. The van der Waals surface area contributed by atoms with Crippen LogP contribution in [0.2, 0.25) is 0 Å². The van der Waals surface area contributed by atoms with Crippen LogP contribution in [-0.4, -0.2) is 23.8 Å². The average molecular weight is 207 g/mol. The number of carbonyl (C=O) groups excluding carboxylic acids is 2. The van der Waals surface area contributed by atoms with Gasteiger partial charge in [-0.3, -0.25) is 14.5 Å². The molecule has 0 aromatic carbocycles. The van der Waals surface area contributed by atoms with Crippen molar-refractivity contribution >= 4 is 11.8 Å². The van der Waals surface area contributed by atoms with Gasteiger partial charge >= 0.3 is 0 Å². The van der Waals surface area contributed by atoms with E-state index in [1.165, 1.54) is 4.90 Å². The van der Waals surface area contributed by atoms with E-state index in [-0.39, 0.29) is 29.6 Å². The summed E-state index contributed by atoms with van der Waals surface area (Å²) in [6, 6.07) is 0. The van der Waals surface area contributed by atoms with Crippen LogP contribution < -0.4 is 0 Å². The molecule has 1 saturated heterocycles. The van der Waals surface area contributed by atoms with Crippen molar-refractivity contribution in [2.24, 2.45) is 23.7 Å². The number of amides is 2. The van der Waals surface area contributed by atoms with Crippen LogP contribution in [0.15, 0.2) is 12.2 Å². The molecule has 4 unspecified atom stereocenters. The number of carbonyl (C=O) groups is 2. The molecule has 1 aliphatic carbocycles. The maximum Gasteiger partial charge on any atom is 0.233 e. The molecular formula is C12H17NO2. The SMILES string of the molecule is C/C=C\C1CC(C)C2C(=O)N(C)C(=O)C12. The number of allylic oxidation sites excluding steroid dienone is 2. The van der Waals surface area contributed by atoms with E-state index >= 15 is 0 Å². The number of rotatable bonds is 1. The standard InChI is InChI=1S/C12H17NO2/c1-4-5-8-6-7(2)9-10(8)12(15)13(3)11(9)14/h4-5,7-10H,6H2,1-3H3/b5-4-. The van der Waals surface area contributed by atoms with E-state index in [9.17, 15) is 9.59 Å². The van der Waals surface area contributed by atoms with Crippen molar-refractivity contribution in [2.45, 2.75) is 20.3 Å². The van der Waals surface area contributed by atoms with Crippen LogP contribution in [0.3, 0.4) is 0 Å². The van der Waals surface area contributed by atoms with Crippen LogP contribution in [0.1, 0.15) is 20.3 Å². The summed E-state index contributed by atoms with van der Waals surface area (Å²) in [6.45, 7) is 4.04. The molecule has 2 amide bonds. The Labute approximate surface area is 90.1 Å². The lowest BCUT2D eigenvalue weighted by Gasteiger charge is -2.13. The Bertz CT molecular complexity index is 335. The Balaban J connectivity index is 2.33. The van der Waals surface area contributed by atoms with Crippen LogP contribution in [-0.2, 0) is 9.59 Å². The molecular weight excluding hydrogens is 190 g/mol. The number of imide groups is 1. The maximum atomic E-state index is 11.9. The first-order chi connectivity index (χ1) is 7.07. The summed E-state index contributed by atoms with van der Waals surface area (Å²) in [5.41, 5.74) is 0. The highest BCUT2D eigenvalue weighted by Crippen LogP contribution is 2.47. The minimum Gasteiger partial charge on any atom is -0.285 e. The molecule has 15 heavy (non-hydrogen) atoms. The number of nitrogens with zero attached hydrogens (tertiary/aromatic N) is 1. The van der Waals surface area contributed by atoms with Crippen molar-refractivity contribution in [3.05, 3.63) is 12.2 Å². The topological polar surface area (TPSA) is 37.4 Å². The minimum atomic E-state index is -0.0892. The van der Waals surface area contributed by atoms with Gasteiger partial charge in [0, 0.05) is 7.05 Å². The predicted octanol–water partition coefficient (Wildman–Crippen LogP) is 1.45. The van der Waals surface area contributed by atoms with Gasteiger partial charge in [0.25, 0.3) is 0 Å². The van der Waals surface area contributed by atoms with E-state index < -0.39 is 0 Å². The van der Waals surface area contributed by atoms with E-state index in [0.717, 1.165) is 6.42 Å². The van der Waals surface area contributed by atoms with Gasteiger partial charge in [0.15, 0.2) is 0 Å². The molecule has 1 saturated carbocycles. The molecule has 3 nitrogen and oxygen atoms in total. The highest BCUT2D eigenvalue weighted by Gasteiger charge is 2.55. The normalized spacial score (nSPS) is 40.6. The van der Waals surface area contributed by atoms with Crippen molar-refractivity contribution in [1.82, 2.24) is 4.90 Å². The van der Waals surface area contributed by atoms with E-state index in [4.69, 9.17) is 0 Å². The Morgan fingerprint density at radius 1 is 1.27 bits per heavy atom. The van der Waals surface area contributed by atoms with Gasteiger partial charge in [-0.25, -0.2) is 0 Å². The Morgan fingerprint density at radius 3 is 2.47 bits per heavy atom. The van der Waals surface area contributed by atoms with Crippen molar-refractivity contribution in [2.75, 3.05) is 7.05 Å². The molecule has 0 bridgehead atoms. The van der Waals surface area contributed by atoms with Crippen LogP contribution in [0.4, 0.5) is 0 Å². The molecule has 2 rings (SSSR count). The predicted molar refractivity (Wildman–Crippen MR) is 56.8 cm³/mol. The lowest BCUT2D eigenvalue weighted by atomic mass is 9.90. The molecule has 2 fully saturated rings. The molecule has 3 heteroatoms. The van der Waals surface area contributed by atoms with Crippen LogP contribution >= 0.6 is 0 Å². The molecule has 2 aliphatic rings. The number of hydrogen-bond donors (Lipinski definition) is 0. The lowest BCUT2D eigenvalue weighted by Crippen LogP contribution is -2.29. The van der Waals surface area contributed by atoms with Gasteiger partial charge < -0.3 is 0 Å². The van der Waals surface area contributed by atoms with Crippen molar-refractivity contribution < 1.29 is 9.59 Å². The minimum absolute atomic E-state index is 0.0115. The lowest BCUT2D eigenvalue weighted by molar-refractivity contribution is -0.139.